The summed E-state index contributed by atoms with van der Waals surface area (Å²) in [4.78, 5) is 20.8. The van der Waals surface area contributed by atoms with Gasteiger partial charge in [0.05, 0.1) is 12.5 Å². The number of carboxylic acids is 1. The second kappa shape index (κ2) is 5.50. The maximum absolute atomic E-state index is 10.6. The number of carboxylic acid groups (broad SMARTS) is 1. The van der Waals surface area contributed by atoms with Crippen LogP contribution in [-0.4, -0.2) is 36.1 Å². The molecule has 1 atom stereocenters. The van der Waals surface area contributed by atoms with Gasteiger partial charge in [-0.2, -0.15) is 0 Å². The topological polar surface area (TPSA) is 118 Å². The van der Waals surface area contributed by atoms with E-state index in [1.807, 2.05) is 0 Å². The maximum atomic E-state index is 10.6. The average molecular weight is 175 g/mol. The van der Waals surface area contributed by atoms with Crippen LogP contribution in [0.2, 0.25) is 0 Å². The first-order chi connectivity index (χ1) is 5.57. The molecule has 0 aliphatic carbocycles. The second-order valence-corrected chi connectivity index (χ2v) is 2.30. The van der Waals surface area contributed by atoms with Crippen LogP contribution in [0.4, 0.5) is 0 Å². The third kappa shape index (κ3) is 4.64. The van der Waals surface area contributed by atoms with Crippen molar-refractivity contribution in [3.05, 3.63) is 0 Å². The number of hydrogen-bond acceptors (Lipinski definition) is 4. The van der Waals surface area contributed by atoms with E-state index in [1.165, 1.54) is 0 Å². The van der Waals surface area contributed by atoms with Gasteiger partial charge in [0.15, 0.2) is 0 Å². The number of aliphatic carboxylic acids is 1. The summed E-state index contributed by atoms with van der Waals surface area (Å²) < 4.78 is 0. The van der Waals surface area contributed by atoms with Crippen molar-refractivity contribution in [3.63, 3.8) is 0 Å². The Bertz CT molecular complexity index is 171. The van der Waals surface area contributed by atoms with Crippen molar-refractivity contribution in [2.75, 3.05) is 13.1 Å². The standard InChI is InChI=1S/C6H13N3O3/c7-1-2-9-4(6(8)12)3-5(10)11/h4,9H,1-3,7H2,(H2,8,12)(H,10,11)/t4-/m1/s1. The Morgan fingerprint density at radius 3 is 2.42 bits per heavy atom. The number of rotatable bonds is 6. The van der Waals surface area contributed by atoms with Crippen LogP contribution >= 0.6 is 0 Å². The minimum atomic E-state index is -1.07. The zero-order valence-electron chi connectivity index (χ0n) is 6.62. The quantitative estimate of drug-likeness (QED) is 0.367. The van der Waals surface area contributed by atoms with Crippen molar-refractivity contribution in [2.24, 2.45) is 11.5 Å². The summed E-state index contributed by atoms with van der Waals surface area (Å²) >= 11 is 0. The minimum absolute atomic E-state index is 0.310. The van der Waals surface area contributed by atoms with E-state index in [-0.39, 0.29) is 6.42 Å². The zero-order valence-corrected chi connectivity index (χ0v) is 6.62. The molecule has 0 radical (unpaired) electrons. The van der Waals surface area contributed by atoms with Gasteiger partial charge >= 0.3 is 5.97 Å². The van der Waals surface area contributed by atoms with Crippen molar-refractivity contribution < 1.29 is 14.7 Å². The molecular formula is C6H13N3O3. The van der Waals surface area contributed by atoms with Crippen molar-refractivity contribution in [2.45, 2.75) is 12.5 Å². The summed E-state index contributed by atoms with van der Waals surface area (Å²) in [5.41, 5.74) is 10.1. The summed E-state index contributed by atoms with van der Waals surface area (Å²) in [6, 6.07) is -0.828. The lowest BCUT2D eigenvalue weighted by Crippen LogP contribution is -2.44. The number of hydrogen-bond donors (Lipinski definition) is 4. The van der Waals surface area contributed by atoms with Gasteiger partial charge in [0.1, 0.15) is 0 Å². The number of carbonyl (C=O) groups is 2. The van der Waals surface area contributed by atoms with Crippen LogP contribution in [0.3, 0.4) is 0 Å². The molecule has 0 bridgehead atoms. The van der Waals surface area contributed by atoms with E-state index >= 15 is 0 Å². The Hall–Kier alpha value is -1.14. The minimum Gasteiger partial charge on any atom is -0.481 e. The monoisotopic (exact) mass is 175 g/mol. The molecular weight excluding hydrogens is 162 g/mol. The maximum Gasteiger partial charge on any atom is 0.305 e. The van der Waals surface area contributed by atoms with Crippen LogP contribution in [0.5, 0.6) is 0 Å². The van der Waals surface area contributed by atoms with E-state index in [0.29, 0.717) is 13.1 Å². The molecule has 0 spiro atoms. The fourth-order valence-corrected chi connectivity index (χ4v) is 0.706. The van der Waals surface area contributed by atoms with Crippen LogP contribution < -0.4 is 16.8 Å². The summed E-state index contributed by atoms with van der Waals surface area (Å²) in [7, 11) is 0. The van der Waals surface area contributed by atoms with Gasteiger partial charge in [-0.25, -0.2) is 0 Å². The third-order valence-electron chi connectivity index (χ3n) is 1.26. The lowest BCUT2D eigenvalue weighted by molar-refractivity contribution is -0.139. The van der Waals surface area contributed by atoms with Crippen molar-refractivity contribution >= 4 is 11.9 Å². The molecule has 6 N–H and O–H groups in total. The number of carbonyl (C=O) groups excluding carboxylic acids is 1. The number of primary amides is 1. The first-order valence-corrected chi connectivity index (χ1v) is 3.52. The van der Waals surface area contributed by atoms with Crippen molar-refractivity contribution in [1.29, 1.82) is 0 Å². The molecule has 1 amide bonds. The van der Waals surface area contributed by atoms with E-state index in [4.69, 9.17) is 16.6 Å². The predicted molar refractivity (Wildman–Crippen MR) is 42.3 cm³/mol. The highest BCUT2D eigenvalue weighted by Gasteiger charge is 2.17. The van der Waals surface area contributed by atoms with Gasteiger partial charge in [0, 0.05) is 13.1 Å². The van der Waals surface area contributed by atoms with Gasteiger partial charge in [0.25, 0.3) is 0 Å². The second-order valence-electron chi connectivity index (χ2n) is 2.30. The van der Waals surface area contributed by atoms with Gasteiger partial charge in [-0.15, -0.1) is 0 Å². The van der Waals surface area contributed by atoms with Gasteiger partial charge < -0.3 is 21.9 Å². The molecule has 70 valence electrons. The number of nitrogens with two attached hydrogens (primary N) is 2. The van der Waals surface area contributed by atoms with Gasteiger partial charge in [-0.05, 0) is 0 Å². The van der Waals surface area contributed by atoms with E-state index in [9.17, 15) is 9.59 Å². The largest absolute Gasteiger partial charge is 0.481 e. The smallest absolute Gasteiger partial charge is 0.305 e. The fraction of sp³-hybridized carbons (Fsp3) is 0.667. The zero-order chi connectivity index (χ0) is 9.56. The highest BCUT2D eigenvalue weighted by molar-refractivity contribution is 5.84. The van der Waals surface area contributed by atoms with Gasteiger partial charge in [0.2, 0.25) is 5.91 Å². The molecule has 0 aromatic rings. The first-order valence-electron chi connectivity index (χ1n) is 3.52. The van der Waals surface area contributed by atoms with Crippen LogP contribution in [0.15, 0.2) is 0 Å². The molecule has 0 aromatic heterocycles. The predicted octanol–water partition coefficient (Wildman–Crippen LogP) is -2.14. The first kappa shape index (κ1) is 10.9. The Kier molecular flexibility index (Phi) is 4.98. The summed E-state index contributed by atoms with van der Waals surface area (Å²) in [6.45, 7) is 0.713. The molecule has 0 saturated carbocycles. The summed E-state index contributed by atoms with van der Waals surface area (Å²) in [6.07, 6.45) is -0.310. The summed E-state index contributed by atoms with van der Waals surface area (Å²) in [5.74, 6) is -1.74. The SMILES string of the molecule is NCCN[C@H](CC(=O)O)C(N)=O. The van der Waals surface area contributed by atoms with Gasteiger partial charge in [-0.1, -0.05) is 0 Å². The van der Waals surface area contributed by atoms with Crippen molar-refractivity contribution in [1.82, 2.24) is 5.32 Å². The van der Waals surface area contributed by atoms with Gasteiger partial charge in [-0.3, -0.25) is 9.59 Å². The Morgan fingerprint density at radius 2 is 2.08 bits per heavy atom. The highest BCUT2D eigenvalue weighted by atomic mass is 16.4. The van der Waals surface area contributed by atoms with Crippen LogP contribution in [0.1, 0.15) is 6.42 Å². The van der Waals surface area contributed by atoms with E-state index in [2.05, 4.69) is 5.32 Å². The normalized spacial score (nSPS) is 12.4. The molecule has 0 aliphatic rings. The van der Waals surface area contributed by atoms with Crippen molar-refractivity contribution in [3.8, 4) is 0 Å². The molecule has 0 aromatic carbocycles. The lowest BCUT2D eigenvalue weighted by Gasteiger charge is -2.11. The lowest BCUT2D eigenvalue weighted by atomic mass is 10.2. The van der Waals surface area contributed by atoms with Crippen LogP contribution in [0, 0.1) is 0 Å². The molecule has 6 heteroatoms. The fourth-order valence-electron chi connectivity index (χ4n) is 0.706. The Balaban J connectivity index is 3.87. The molecule has 12 heavy (non-hydrogen) atoms. The van der Waals surface area contributed by atoms with Crippen LogP contribution in [0.25, 0.3) is 0 Å². The van der Waals surface area contributed by atoms with Crippen LogP contribution in [-0.2, 0) is 9.59 Å². The molecule has 0 rings (SSSR count). The van der Waals surface area contributed by atoms with E-state index < -0.39 is 17.9 Å². The average Bonchev–Trinajstić information content (AvgIpc) is 1.96. The van der Waals surface area contributed by atoms with E-state index in [1.54, 1.807) is 0 Å². The molecule has 0 heterocycles. The molecule has 0 unspecified atom stereocenters. The molecule has 6 nitrogen and oxygen atoms in total. The number of nitrogens with one attached hydrogen (secondary N) is 1. The number of amides is 1. The summed E-state index contributed by atoms with van der Waals surface area (Å²) in [5, 5.41) is 11.0. The Labute approximate surface area is 69.9 Å². The van der Waals surface area contributed by atoms with E-state index in [0.717, 1.165) is 0 Å². The molecule has 0 aliphatic heterocycles. The Morgan fingerprint density at radius 1 is 1.50 bits per heavy atom. The molecule has 0 saturated heterocycles. The highest BCUT2D eigenvalue weighted by Crippen LogP contribution is 1.89. The third-order valence-corrected chi connectivity index (χ3v) is 1.26. The molecule has 0 fully saturated rings.